The molecule has 0 saturated carbocycles. The van der Waals surface area contributed by atoms with Gasteiger partial charge in [-0.1, -0.05) is 36.4 Å². The second kappa shape index (κ2) is 9.88. The van der Waals surface area contributed by atoms with Crippen LogP contribution in [0.2, 0.25) is 0 Å². The van der Waals surface area contributed by atoms with Gasteiger partial charge in [0.15, 0.2) is 5.96 Å². The number of aromatic nitrogens is 1. The predicted octanol–water partition coefficient (Wildman–Crippen LogP) is 4.45. The van der Waals surface area contributed by atoms with E-state index >= 15 is 0 Å². The van der Waals surface area contributed by atoms with Crippen LogP contribution in [0.5, 0.6) is 0 Å². The molecule has 3 N–H and O–H groups in total. The summed E-state index contributed by atoms with van der Waals surface area (Å²) in [5.74, 6) is 0.487. The fourth-order valence-corrected chi connectivity index (χ4v) is 3.96. The number of guanidine groups is 1. The minimum absolute atomic E-state index is 0. The smallest absolute Gasteiger partial charge is 0.188 e. The van der Waals surface area contributed by atoms with E-state index in [0.717, 1.165) is 34.1 Å². The van der Waals surface area contributed by atoms with Gasteiger partial charge < -0.3 is 11.1 Å². The minimum Gasteiger partial charge on any atom is -0.370 e. The van der Waals surface area contributed by atoms with Gasteiger partial charge in [0.2, 0.25) is 0 Å². The van der Waals surface area contributed by atoms with Crippen molar-refractivity contribution in [3.63, 3.8) is 0 Å². The molecule has 132 valence electrons. The average molecular weight is 484 g/mol. The molecule has 0 radical (unpaired) electrons. The van der Waals surface area contributed by atoms with Gasteiger partial charge in [0.25, 0.3) is 0 Å². The number of nitrogens with zero attached hydrogens (tertiary/aromatic N) is 2. The third kappa shape index (κ3) is 5.79. The molecule has 0 amide bonds. The van der Waals surface area contributed by atoms with Crippen LogP contribution in [0.4, 0.5) is 0 Å². The normalized spacial score (nSPS) is 11.2. The molecule has 3 aromatic rings. The number of halogens is 1. The first-order valence-electron chi connectivity index (χ1n) is 7.80. The van der Waals surface area contributed by atoms with Crippen LogP contribution in [0.15, 0.2) is 52.8 Å². The molecule has 0 spiro atoms. The van der Waals surface area contributed by atoms with E-state index in [0.29, 0.717) is 12.5 Å². The first kappa shape index (κ1) is 19.9. The number of aliphatic imine (C=N–C) groups is 1. The Balaban J connectivity index is 0.00000225. The number of thiophene rings is 1. The summed E-state index contributed by atoms with van der Waals surface area (Å²) in [6.07, 6.45) is 0.964. The lowest BCUT2D eigenvalue weighted by Crippen LogP contribution is -2.33. The van der Waals surface area contributed by atoms with E-state index in [1.807, 2.05) is 25.1 Å². The molecule has 0 aliphatic rings. The second-order valence-corrected chi connectivity index (χ2v) is 7.47. The summed E-state index contributed by atoms with van der Waals surface area (Å²) < 4.78 is 0. The third-order valence-electron chi connectivity index (χ3n) is 3.56. The number of hydrogen-bond acceptors (Lipinski definition) is 4. The van der Waals surface area contributed by atoms with Gasteiger partial charge in [-0.2, -0.15) is 0 Å². The number of nitrogens with two attached hydrogens (primary N) is 1. The molecule has 25 heavy (non-hydrogen) atoms. The Labute approximate surface area is 173 Å². The Morgan fingerprint density at radius 2 is 2.00 bits per heavy atom. The maximum Gasteiger partial charge on any atom is 0.188 e. The Kier molecular flexibility index (Phi) is 7.86. The SMILES string of the molecule is Cc1nc(-c2ccccc2)sc1CN=C(N)NCCc1cccs1.I. The largest absolute Gasteiger partial charge is 0.370 e. The highest BCUT2D eigenvalue weighted by Gasteiger charge is 2.08. The van der Waals surface area contributed by atoms with Crippen LogP contribution < -0.4 is 11.1 Å². The lowest BCUT2D eigenvalue weighted by molar-refractivity contribution is 0.857. The second-order valence-electron chi connectivity index (χ2n) is 5.35. The Morgan fingerprint density at radius 3 is 2.72 bits per heavy atom. The molecule has 2 heterocycles. The maximum atomic E-state index is 5.96. The first-order valence-corrected chi connectivity index (χ1v) is 9.50. The van der Waals surface area contributed by atoms with Crippen LogP contribution in [0.1, 0.15) is 15.4 Å². The minimum atomic E-state index is 0. The van der Waals surface area contributed by atoms with Crippen LogP contribution in [0, 0.1) is 6.92 Å². The molecule has 0 fully saturated rings. The molecule has 0 bridgehead atoms. The van der Waals surface area contributed by atoms with Gasteiger partial charge in [0, 0.05) is 21.9 Å². The van der Waals surface area contributed by atoms with Gasteiger partial charge in [0.05, 0.1) is 12.2 Å². The van der Waals surface area contributed by atoms with E-state index in [2.05, 4.69) is 44.9 Å². The molecular formula is C18H21IN4S2. The van der Waals surface area contributed by atoms with Crippen molar-refractivity contribution in [2.24, 2.45) is 10.7 Å². The van der Waals surface area contributed by atoms with Gasteiger partial charge in [-0.25, -0.2) is 9.98 Å². The lowest BCUT2D eigenvalue weighted by Gasteiger charge is -2.04. The number of thiazole rings is 1. The van der Waals surface area contributed by atoms with Gasteiger partial charge >= 0.3 is 0 Å². The topological polar surface area (TPSA) is 63.3 Å². The highest BCUT2D eigenvalue weighted by molar-refractivity contribution is 14.0. The van der Waals surface area contributed by atoms with Gasteiger partial charge in [-0.15, -0.1) is 46.7 Å². The quantitative estimate of drug-likeness (QED) is 0.309. The monoisotopic (exact) mass is 484 g/mol. The zero-order valence-corrected chi connectivity index (χ0v) is 17.9. The lowest BCUT2D eigenvalue weighted by atomic mass is 10.2. The molecule has 0 saturated heterocycles. The Hall–Kier alpha value is -1.45. The molecule has 7 heteroatoms. The number of rotatable bonds is 6. The number of nitrogens with one attached hydrogen (secondary N) is 1. The fraction of sp³-hybridized carbons (Fsp3) is 0.222. The molecule has 4 nitrogen and oxygen atoms in total. The van der Waals surface area contributed by atoms with Gasteiger partial charge in [-0.05, 0) is 24.8 Å². The van der Waals surface area contributed by atoms with Crippen molar-refractivity contribution in [1.29, 1.82) is 0 Å². The molecule has 0 aliphatic carbocycles. The third-order valence-corrected chi connectivity index (χ3v) is 5.69. The van der Waals surface area contributed by atoms with Crippen LogP contribution >= 0.6 is 46.7 Å². The van der Waals surface area contributed by atoms with Crippen molar-refractivity contribution in [2.45, 2.75) is 19.9 Å². The zero-order chi connectivity index (χ0) is 16.8. The van der Waals surface area contributed by atoms with E-state index in [4.69, 9.17) is 5.73 Å². The Bertz CT molecular complexity index is 798. The maximum absolute atomic E-state index is 5.96. The van der Waals surface area contributed by atoms with Crippen molar-refractivity contribution in [2.75, 3.05) is 6.54 Å². The predicted molar refractivity (Wildman–Crippen MR) is 119 cm³/mol. The summed E-state index contributed by atoms with van der Waals surface area (Å²) in [6.45, 7) is 3.38. The molecule has 0 atom stereocenters. The van der Waals surface area contributed by atoms with Crippen LogP contribution in [-0.4, -0.2) is 17.5 Å². The van der Waals surface area contributed by atoms with Crippen molar-refractivity contribution < 1.29 is 0 Å². The zero-order valence-electron chi connectivity index (χ0n) is 13.9. The molecular weight excluding hydrogens is 463 g/mol. The highest BCUT2D eigenvalue weighted by Crippen LogP contribution is 2.28. The number of aryl methyl sites for hydroxylation is 1. The van der Waals surface area contributed by atoms with Crippen molar-refractivity contribution in [3.8, 4) is 10.6 Å². The molecule has 0 aliphatic heterocycles. The standard InChI is InChI=1S/C18H20N4S2.HI/c1-13-16(24-17(22-13)14-6-3-2-4-7-14)12-21-18(19)20-10-9-15-8-5-11-23-15;/h2-8,11H,9-10,12H2,1H3,(H3,19,20,21);1H. The number of hydrogen-bond donors (Lipinski definition) is 2. The summed E-state index contributed by atoms with van der Waals surface area (Å²) in [5.41, 5.74) is 8.12. The Morgan fingerprint density at radius 1 is 1.20 bits per heavy atom. The summed E-state index contributed by atoms with van der Waals surface area (Å²) in [7, 11) is 0. The van der Waals surface area contributed by atoms with Crippen LogP contribution in [0.3, 0.4) is 0 Å². The number of benzene rings is 1. The van der Waals surface area contributed by atoms with E-state index in [1.165, 1.54) is 4.88 Å². The molecule has 1 aromatic carbocycles. The van der Waals surface area contributed by atoms with Crippen LogP contribution in [-0.2, 0) is 13.0 Å². The summed E-state index contributed by atoms with van der Waals surface area (Å²) in [6, 6.07) is 14.4. The highest BCUT2D eigenvalue weighted by atomic mass is 127. The van der Waals surface area contributed by atoms with Crippen molar-refractivity contribution in [1.82, 2.24) is 10.3 Å². The molecule has 2 aromatic heterocycles. The molecule has 3 rings (SSSR count). The molecule has 0 unspecified atom stereocenters. The van der Waals surface area contributed by atoms with E-state index in [9.17, 15) is 0 Å². The summed E-state index contributed by atoms with van der Waals surface area (Å²) in [4.78, 5) is 11.6. The van der Waals surface area contributed by atoms with E-state index < -0.39 is 0 Å². The van der Waals surface area contributed by atoms with Gasteiger partial charge in [0.1, 0.15) is 5.01 Å². The van der Waals surface area contributed by atoms with Gasteiger partial charge in [-0.3, -0.25) is 0 Å². The fourth-order valence-electron chi connectivity index (χ4n) is 2.26. The van der Waals surface area contributed by atoms with E-state index in [1.54, 1.807) is 22.7 Å². The first-order chi connectivity index (χ1) is 11.7. The van der Waals surface area contributed by atoms with Crippen molar-refractivity contribution in [3.05, 3.63) is 63.3 Å². The average Bonchev–Trinajstić information content (AvgIpc) is 3.24. The van der Waals surface area contributed by atoms with E-state index in [-0.39, 0.29) is 24.0 Å². The summed E-state index contributed by atoms with van der Waals surface area (Å²) in [5, 5.41) is 6.28. The summed E-state index contributed by atoms with van der Waals surface area (Å²) >= 11 is 3.44. The van der Waals surface area contributed by atoms with Crippen LogP contribution in [0.25, 0.3) is 10.6 Å². The van der Waals surface area contributed by atoms with Crippen molar-refractivity contribution >= 4 is 52.6 Å².